The Morgan fingerprint density at radius 3 is 2.39 bits per heavy atom. The number of aliphatic hydroxyl groups excluding tert-OH is 1. The van der Waals surface area contributed by atoms with E-state index < -0.39 is 6.10 Å². The third-order valence-electron chi connectivity index (χ3n) is 3.27. The molecular weight excluding hydrogens is 292 g/mol. The molecule has 1 N–H and O–H groups in total. The van der Waals surface area contributed by atoms with E-state index in [1.54, 1.807) is 6.07 Å². The number of benzene rings is 2. The van der Waals surface area contributed by atoms with Gasteiger partial charge in [0.1, 0.15) is 5.75 Å². The third kappa shape index (κ3) is 3.40. The fourth-order valence-corrected chi connectivity index (χ4v) is 2.24. The minimum atomic E-state index is -1.03. The molecule has 0 spiro atoms. The predicted molar refractivity (Wildman–Crippen MR) is 86.0 cm³/mol. The van der Waals surface area contributed by atoms with Gasteiger partial charge in [0.25, 0.3) is 0 Å². The van der Waals surface area contributed by atoms with Crippen molar-refractivity contribution < 1.29 is 14.3 Å². The quantitative estimate of drug-likeness (QED) is 0.779. The van der Waals surface area contributed by atoms with Gasteiger partial charge in [0.15, 0.2) is 6.10 Å². The van der Waals surface area contributed by atoms with Crippen molar-refractivity contribution in [1.29, 1.82) is 0 Å². The molecule has 5 nitrogen and oxygen atoms in total. The first-order valence-electron chi connectivity index (χ1n) is 7.47. The van der Waals surface area contributed by atoms with Crippen LogP contribution in [0.1, 0.15) is 31.4 Å². The van der Waals surface area contributed by atoms with Crippen molar-refractivity contribution in [1.82, 2.24) is 10.2 Å². The predicted octanol–water partition coefficient (Wildman–Crippen LogP) is 3.61. The normalized spacial score (nSPS) is 12.3. The average Bonchev–Trinajstić information content (AvgIpc) is 3.05. The number of para-hydroxylation sites is 1. The number of hydrogen-bond donors (Lipinski definition) is 1. The van der Waals surface area contributed by atoms with Gasteiger partial charge in [-0.2, -0.15) is 0 Å². The zero-order valence-corrected chi connectivity index (χ0v) is 13.0. The molecule has 0 bridgehead atoms. The van der Waals surface area contributed by atoms with E-state index >= 15 is 0 Å². The molecule has 3 aromatic rings. The molecule has 0 aliphatic rings. The summed E-state index contributed by atoms with van der Waals surface area (Å²) in [5.74, 6) is 1.13. The van der Waals surface area contributed by atoms with Crippen LogP contribution in [0.4, 0.5) is 0 Å². The lowest BCUT2D eigenvalue weighted by atomic mass is 10.1. The van der Waals surface area contributed by atoms with E-state index in [1.807, 2.05) is 62.4 Å². The molecular formula is C18H18N2O3. The Morgan fingerprint density at radius 1 is 0.957 bits per heavy atom. The van der Waals surface area contributed by atoms with E-state index in [0.29, 0.717) is 17.2 Å². The van der Waals surface area contributed by atoms with Crippen molar-refractivity contribution in [2.75, 3.05) is 0 Å². The van der Waals surface area contributed by atoms with Gasteiger partial charge in [-0.3, -0.25) is 0 Å². The monoisotopic (exact) mass is 310 g/mol. The van der Waals surface area contributed by atoms with Crippen molar-refractivity contribution >= 4 is 0 Å². The van der Waals surface area contributed by atoms with Gasteiger partial charge in [0, 0.05) is 11.1 Å². The standard InChI is InChI=1S/C18H18N2O3/c1-12(2)22-15-11-7-6-10-14(15)16(21)18-20-19-17(23-18)13-8-4-3-5-9-13/h3-12,16,21H,1-2H3/t16-/m1/s1. The number of nitrogens with zero attached hydrogens (tertiary/aromatic N) is 2. The Morgan fingerprint density at radius 2 is 1.65 bits per heavy atom. The average molecular weight is 310 g/mol. The van der Waals surface area contributed by atoms with E-state index in [-0.39, 0.29) is 12.0 Å². The number of hydrogen-bond acceptors (Lipinski definition) is 5. The van der Waals surface area contributed by atoms with E-state index in [2.05, 4.69) is 10.2 Å². The summed E-state index contributed by atoms with van der Waals surface area (Å²) >= 11 is 0. The van der Waals surface area contributed by atoms with Gasteiger partial charge in [0.2, 0.25) is 11.8 Å². The summed E-state index contributed by atoms with van der Waals surface area (Å²) < 4.78 is 11.3. The van der Waals surface area contributed by atoms with Gasteiger partial charge in [-0.05, 0) is 32.0 Å². The van der Waals surface area contributed by atoms with E-state index in [0.717, 1.165) is 5.56 Å². The highest BCUT2D eigenvalue weighted by atomic mass is 16.5. The van der Waals surface area contributed by atoms with Crippen LogP contribution in [0.3, 0.4) is 0 Å². The minimum absolute atomic E-state index is 0.00548. The first kappa shape index (κ1) is 15.2. The van der Waals surface area contributed by atoms with Gasteiger partial charge in [-0.15, -0.1) is 10.2 Å². The summed E-state index contributed by atoms with van der Waals surface area (Å²) in [6, 6.07) is 16.7. The summed E-state index contributed by atoms with van der Waals surface area (Å²) in [5.41, 5.74) is 1.41. The number of aliphatic hydroxyl groups is 1. The fraction of sp³-hybridized carbons (Fsp3) is 0.222. The molecule has 0 saturated carbocycles. The maximum atomic E-state index is 10.6. The van der Waals surface area contributed by atoms with Crippen LogP contribution in [-0.2, 0) is 0 Å². The molecule has 1 heterocycles. The first-order chi connectivity index (χ1) is 11.1. The molecule has 0 saturated heterocycles. The molecule has 0 radical (unpaired) electrons. The Hall–Kier alpha value is -2.66. The number of rotatable bonds is 5. The van der Waals surface area contributed by atoms with Crippen molar-refractivity contribution in [2.45, 2.75) is 26.1 Å². The summed E-state index contributed by atoms with van der Waals surface area (Å²) in [4.78, 5) is 0. The highest BCUT2D eigenvalue weighted by molar-refractivity contribution is 5.52. The van der Waals surface area contributed by atoms with Gasteiger partial charge < -0.3 is 14.3 Å². The largest absolute Gasteiger partial charge is 0.491 e. The third-order valence-corrected chi connectivity index (χ3v) is 3.27. The minimum Gasteiger partial charge on any atom is -0.491 e. The van der Waals surface area contributed by atoms with Crippen molar-refractivity contribution in [3.05, 3.63) is 66.1 Å². The van der Waals surface area contributed by atoms with Crippen LogP contribution in [0.25, 0.3) is 11.5 Å². The van der Waals surface area contributed by atoms with Gasteiger partial charge in [-0.25, -0.2) is 0 Å². The molecule has 118 valence electrons. The number of ether oxygens (including phenoxy) is 1. The lowest BCUT2D eigenvalue weighted by Gasteiger charge is -2.16. The second-order valence-electron chi connectivity index (χ2n) is 5.42. The Labute approximate surface area is 134 Å². The van der Waals surface area contributed by atoms with Crippen LogP contribution >= 0.6 is 0 Å². The highest BCUT2D eigenvalue weighted by Gasteiger charge is 2.22. The first-order valence-corrected chi connectivity index (χ1v) is 7.47. The molecule has 1 atom stereocenters. The molecule has 0 aliphatic carbocycles. The Kier molecular flexibility index (Phi) is 4.39. The maximum absolute atomic E-state index is 10.6. The van der Waals surface area contributed by atoms with Crippen molar-refractivity contribution in [2.24, 2.45) is 0 Å². The summed E-state index contributed by atoms with van der Waals surface area (Å²) in [6.07, 6.45) is -1.03. The highest BCUT2D eigenvalue weighted by Crippen LogP contribution is 2.31. The second kappa shape index (κ2) is 6.62. The molecule has 3 rings (SSSR count). The van der Waals surface area contributed by atoms with Crippen molar-refractivity contribution in [3.63, 3.8) is 0 Å². The SMILES string of the molecule is CC(C)Oc1ccccc1[C@@H](O)c1nnc(-c2ccccc2)o1. The molecule has 0 fully saturated rings. The molecule has 5 heteroatoms. The fourth-order valence-electron chi connectivity index (χ4n) is 2.24. The van der Waals surface area contributed by atoms with E-state index in [4.69, 9.17) is 9.15 Å². The van der Waals surface area contributed by atoms with Gasteiger partial charge in [-0.1, -0.05) is 36.4 Å². The molecule has 2 aromatic carbocycles. The van der Waals surface area contributed by atoms with E-state index in [9.17, 15) is 5.11 Å². The van der Waals surface area contributed by atoms with Gasteiger partial charge >= 0.3 is 0 Å². The molecule has 1 aromatic heterocycles. The molecule has 0 amide bonds. The Bertz CT molecular complexity index is 769. The maximum Gasteiger partial charge on any atom is 0.250 e. The smallest absolute Gasteiger partial charge is 0.250 e. The van der Waals surface area contributed by atoms with E-state index in [1.165, 1.54) is 0 Å². The van der Waals surface area contributed by atoms with Crippen LogP contribution in [0, 0.1) is 0 Å². The molecule has 0 unspecified atom stereocenters. The second-order valence-corrected chi connectivity index (χ2v) is 5.42. The summed E-state index contributed by atoms with van der Waals surface area (Å²) in [7, 11) is 0. The lowest BCUT2D eigenvalue weighted by Crippen LogP contribution is -2.10. The lowest BCUT2D eigenvalue weighted by molar-refractivity contribution is 0.171. The summed E-state index contributed by atoms with van der Waals surface area (Å²) in [5, 5.41) is 18.5. The Balaban J connectivity index is 1.90. The van der Waals surface area contributed by atoms with Crippen molar-refractivity contribution in [3.8, 4) is 17.2 Å². The van der Waals surface area contributed by atoms with Crippen LogP contribution in [-0.4, -0.2) is 21.4 Å². The summed E-state index contributed by atoms with van der Waals surface area (Å²) in [6.45, 7) is 3.87. The molecule has 0 aliphatic heterocycles. The zero-order chi connectivity index (χ0) is 16.2. The van der Waals surface area contributed by atoms with Crippen LogP contribution < -0.4 is 4.74 Å². The topological polar surface area (TPSA) is 68.4 Å². The number of aromatic nitrogens is 2. The van der Waals surface area contributed by atoms with Crippen LogP contribution in [0.15, 0.2) is 59.0 Å². The molecule has 23 heavy (non-hydrogen) atoms. The zero-order valence-electron chi connectivity index (χ0n) is 13.0. The van der Waals surface area contributed by atoms with Gasteiger partial charge in [0.05, 0.1) is 6.10 Å². The van der Waals surface area contributed by atoms with Crippen LogP contribution in [0.5, 0.6) is 5.75 Å². The van der Waals surface area contributed by atoms with Crippen LogP contribution in [0.2, 0.25) is 0 Å².